The summed E-state index contributed by atoms with van der Waals surface area (Å²) in [5.74, 6) is 0.793. The minimum absolute atomic E-state index is 0.541. The molecule has 1 atom stereocenters. The summed E-state index contributed by atoms with van der Waals surface area (Å²) in [5, 5.41) is 5.02. The maximum absolute atomic E-state index is 4.91. The van der Waals surface area contributed by atoms with Crippen LogP contribution < -0.4 is 5.32 Å². The molecule has 1 aliphatic carbocycles. The summed E-state index contributed by atoms with van der Waals surface area (Å²) in [6.45, 7) is 3.41. The number of nitrogens with one attached hydrogen (secondary N) is 1. The molecule has 3 rings (SSSR count). The number of piperidine rings is 1. The summed E-state index contributed by atoms with van der Waals surface area (Å²) in [5.41, 5.74) is 1.35. The monoisotopic (exact) mass is 236 g/mol. The average Bonchev–Trinajstić information content (AvgIpc) is 2.59. The zero-order valence-corrected chi connectivity index (χ0v) is 10.8. The van der Waals surface area contributed by atoms with Crippen LogP contribution in [-0.4, -0.2) is 11.5 Å². The summed E-state index contributed by atoms with van der Waals surface area (Å²) in [6.07, 6.45) is 8.09. The highest BCUT2D eigenvalue weighted by molar-refractivity contribution is 7.11. The third-order valence-electron chi connectivity index (χ3n) is 3.94. The van der Waals surface area contributed by atoms with E-state index in [1.54, 1.807) is 0 Å². The molecule has 0 bridgehead atoms. The standard InChI is InChI=1S/C13H20N2S/c1-9-12(11-7-2-3-8-14-11)15-13(16-9)10-5-4-6-10/h10-11,14H,2-8H2,1H3. The molecule has 1 aliphatic heterocycles. The van der Waals surface area contributed by atoms with E-state index < -0.39 is 0 Å². The van der Waals surface area contributed by atoms with Crippen LogP contribution in [0.3, 0.4) is 0 Å². The van der Waals surface area contributed by atoms with Crippen molar-refractivity contribution >= 4 is 11.3 Å². The molecule has 2 heterocycles. The fourth-order valence-electron chi connectivity index (χ4n) is 2.67. The van der Waals surface area contributed by atoms with E-state index in [-0.39, 0.29) is 0 Å². The summed E-state index contributed by atoms with van der Waals surface area (Å²) in [7, 11) is 0. The van der Waals surface area contributed by atoms with Crippen LogP contribution in [0.4, 0.5) is 0 Å². The zero-order chi connectivity index (χ0) is 11.0. The Labute approximate surface area is 101 Å². The first-order valence-corrected chi connectivity index (χ1v) is 7.37. The van der Waals surface area contributed by atoms with Gasteiger partial charge in [-0.1, -0.05) is 12.8 Å². The summed E-state index contributed by atoms with van der Waals surface area (Å²) in [6, 6.07) is 0.541. The maximum Gasteiger partial charge on any atom is 0.0962 e. The minimum atomic E-state index is 0.541. The highest BCUT2D eigenvalue weighted by Crippen LogP contribution is 2.40. The number of thiazole rings is 1. The maximum atomic E-state index is 4.91. The molecule has 88 valence electrons. The van der Waals surface area contributed by atoms with E-state index in [1.165, 1.54) is 60.6 Å². The van der Waals surface area contributed by atoms with Crippen LogP contribution in [0, 0.1) is 6.92 Å². The molecule has 16 heavy (non-hydrogen) atoms. The van der Waals surface area contributed by atoms with E-state index in [9.17, 15) is 0 Å². The molecule has 2 aliphatic rings. The van der Waals surface area contributed by atoms with Crippen LogP contribution in [0.2, 0.25) is 0 Å². The van der Waals surface area contributed by atoms with E-state index in [2.05, 4.69) is 12.2 Å². The van der Waals surface area contributed by atoms with Gasteiger partial charge < -0.3 is 5.32 Å². The number of aryl methyl sites for hydroxylation is 1. The molecule has 1 aromatic heterocycles. The predicted molar refractivity (Wildman–Crippen MR) is 68.0 cm³/mol. The first-order chi connectivity index (χ1) is 7.84. The fraction of sp³-hybridized carbons (Fsp3) is 0.769. The lowest BCUT2D eigenvalue weighted by Gasteiger charge is -2.24. The van der Waals surface area contributed by atoms with Gasteiger partial charge in [0.05, 0.1) is 16.7 Å². The van der Waals surface area contributed by atoms with Crippen molar-refractivity contribution in [3.8, 4) is 0 Å². The van der Waals surface area contributed by atoms with E-state index >= 15 is 0 Å². The molecule has 2 nitrogen and oxygen atoms in total. The van der Waals surface area contributed by atoms with Gasteiger partial charge in [0.1, 0.15) is 0 Å². The Hall–Kier alpha value is -0.410. The van der Waals surface area contributed by atoms with Gasteiger partial charge >= 0.3 is 0 Å². The second-order valence-electron chi connectivity index (χ2n) is 5.12. The third-order valence-corrected chi connectivity index (χ3v) is 5.09. The van der Waals surface area contributed by atoms with Gasteiger partial charge in [-0.15, -0.1) is 11.3 Å². The molecule has 0 spiro atoms. The zero-order valence-electron chi connectivity index (χ0n) is 9.96. The van der Waals surface area contributed by atoms with Crippen LogP contribution in [0.25, 0.3) is 0 Å². The third kappa shape index (κ3) is 1.91. The lowest BCUT2D eigenvalue weighted by Crippen LogP contribution is -2.27. The van der Waals surface area contributed by atoms with Crippen molar-refractivity contribution in [1.29, 1.82) is 0 Å². The number of rotatable bonds is 2. The van der Waals surface area contributed by atoms with Crippen molar-refractivity contribution in [3.05, 3.63) is 15.6 Å². The largest absolute Gasteiger partial charge is 0.309 e. The SMILES string of the molecule is Cc1sc(C2CCC2)nc1C1CCCCN1. The Morgan fingerprint density at radius 3 is 2.69 bits per heavy atom. The van der Waals surface area contributed by atoms with E-state index in [0.29, 0.717) is 6.04 Å². The second kappa shape index (κ2) is 4.46. The molecule has 2 fully saturated rings. The molecule has 0 radical (unpaired) electrons. The molecule has 1 saturated carbocycles. The number of nitrogens with zero attached hydrogens (tertiary/aromatic N) is 1. The Morgan fingerprint density at radius 2 is 2.06 bits per heavy atom. The molecular weight excluding hydrogens is 216 g/mol. The second-order valence-corrected chi connectivity index (χ2v) is 6.36. The van der Waals surface area contributed by atoms with Gasteiger partial charge in [0.25, 0.3) is 0 Å². The number of hydrogen-bond donors (Lipinski definition) is 1. The van der Waals surface area contributed by atoms with Crippen molar-refractivity contribution in [2.45, 2.75) is 57.4 Å². The fourth-order valence-corrected chi connectivity index (χ4v) is 3.82. The Kier molecular flexibility index (Phi) is 2.99. The van der Waals surface area contributed by atoms with Crippen LogP contribution in [-0.2, 0) is 0 Å². The molecular formula is C13H20N2S. The van der Waals surface area contributed by atoms with Crippen LogP contribution in [0.5, 0.6) is 0 Å². The van der Waals surface area contributed by atoms with Crippen molar-refractivity contribution < 1.29 is 0 Å². The van der Waals surface area contributed by atoms with Gasteiger partial charge in [-0.3, -0.25) is 0 Å². The highest BCUT2D eigenvalue weighted by Gasteiger charge is 2.26. The average molecular weight is 236 g/mol. The van der Waals surface area contributed by atoms with Gasteiger partial charge in [0, 0.05) is 10.8 Å². The normalized spacial score (nSPS) is 26.7. The summed E-state index contributed by atoms with van der Waals surface area (Å²) in [4.78, 5) is 6.36. The molecule has 0 amide bonds. The molecule has 0 aromatic carbocycles. The quantitative estimate of drug-likeness (QED) is 0.849. The molecule has 1 N–H and O–H groups in total. The first-order valence-electron chi connectivity index (χ1n) is 6.55. The van der Waals surface area contributed by atoms with Crippen LogP contribution >= 0.6 is 11.3 Å². The topological polar surface area (TPSA) is 24.9 Å². The van der Waals surface area contributed by atoms with Crippen molar-refractivity contribution in [2.75, 3.05) is 6.54 Å². The van der Waals surface area contributed by atoms with Crippen LogP contribution in [0.15, 0.2) is 0 Å². The predicted octanol–water partition coefficient (Wildman–Crippen LogP) is 3.53. The van der Waals surface area contributed by atoms with E-state index in [4.69, 9.17) is 4.98 Å². The molecule has 1 saturated heterocycles. The van der Waals surface area contributed by atoms with E-state index in [0.717, 1.165) is 5.92 Å². The minimum Gasteiger partial charge on any atom is -0.309 e. The highest BCUT2D eigenvalue weighted by atomic mass is 32.1. The Bertz CT molecular complexity index is 362. The van der Waals surface area contributed by atoms with Gasteiger partial charge in [-0.05, 0) is 39.2 Å². The summed E-state index contributed by atoms with van der Waals surface area (Å²) < 4.78 is 0. The van der Waals surface area contributed by atoms with Gasteiger partial charge in [0.2, 0.25) is 0 Å². The van der Waals surface area contributed by atoms with Gasteiger partial charge in [-0.2, -0.15) is 0 Å². The lowest BCUT2D eigenvalue weighted by atomic mass is 9.86. The molecule has 3 heteroatoms. The first kappa shape index (κ1) is 10.7. The van der Waals surface area contributed by atoms with Gasteiger partial charge in [0.15, 0.2) is 0 Å². The van der Waals surface area contributed by atoms with Gasteiger partial charge in [-0.25, -0.2) is 4.98 Å². The number of aromatic nitrogens is 1. The van der Waals surface area contributed by atoms with E-state index in [1.807, 2.05) is 11.3 Å². The van der Waals surface area contributed by atoms with Crippen molar-refractivity contribution in [2.24, 2.45) is 0 Å². The Morgan fingerprint density at radius 1 is 1.19 bits per heavy atom. The van der Waals surface area contributed by atoms with Crippen molar-refractivity contribution in [3.63, 3.8) is 0 Å². The Balaban J connectivity index is 1.79. The smallest absolute Gasteiger partial charge is 0.0962 e. The van der Waals surface area contributed by atoms with Crippen molar-refractivity contribution in [1.82, 2.24) is 10.3 Å². The molecule has 1 aromatic rings. The summed E-state index contributed by atoms with van der Waals surface area (Å²) >= 11 is 1.94. The molecule has 1 unspecified atom stereocenters. The lowest BCUT2D eigenvalue weighted by molar-refractivity contribution is 0.397. The van der Waals surface area contributed by atoms with Crippen LogP contribution in [0.1, 0.15) is 66.1 Å². The number of hydrogen-bond acceptors (Lipinski definition) is 3.